The first-order valence-corrected chi connectivity index (χ1v) is 8.36. The number of aryl methyl sites for hydroxylation is 1. The summed E-state index contributed by atoms with van der Waals surface area (Å²) in [5.41, 5.74) is 2.03. The Morgan fingerprint density at radius 2 is 2.00 bits per heavy atom. The van der Waals surface area contributed by atoms with Crippen LogP contribution in [-0.4, -0.2) is 12.1 Å². The van der Waals surface area contributed by atoms with Gasteiger partial charge in [0.2, 0.25) is 0 Å². The fourth-order valence-corrected chi connectivity index (χ4v) is 3.73. The molecule has 0 saturated heterocycles. The molecule has 3 nitrogen and oxygen atoms in total. The molecule has 1 fully saturated rings. The van der Waals surface area contributed by atoms with Crippen LogP contribution in [0.25, 0.3) is 11.3 Å². The summed E-state index contributed by atoms with van der Waals surface area (Å²) in [6.45, 7) is 1.99. The van der Waals surface area contributed by atoms with E-state index in [4.69, 9.17) is 20.8 Å². The molecule has 0 radical (unpaired) electrons. The molecule has 1 unspecified atom stereocenters. The Morgan fingerprint density at radius 3 is 2.73 bits per heavy atom. The predicted molar refractivity (Wildman–Crippen MR) is 88.4 cm³/mol. The largest absolute Gasteiger partial charge is 0.495 e. The Balaban J connectivity index is 1.86. The van der Waals surface area contributed by atoms with Crippen LogP contribution >= 0.6 is 11.6 Å². The van der Waals surface area contributed by atoms with E-state index in [1.165, 1.54) is 32.1 Å². The van der Waals surface area contributed by atoms with E-state index in [2.05, 4.69) is 11.1 Å². The molecule has 4 heteroatoms. The molecule has 0 N–H and O–H groups in total. The number of furan rings is 1. The molecule has 1 atom stereocenters. The maximum Gasteiger partial charge on any atom is 0.137 e. The van der Waals surface area contributed by atoms with Gasteiger partial charge in [0.05, 0.1) is 18.7 Å². The molecule has 118 valence electrons. The third kappa shape index (κ3) is 3.14. The van der Waals surface area contributed by atoms with Crippen molar-refractivity contribution in [3.05, 3.63) is 35.9 Å². The zero-order valence-electron chi connectivity index (χ0n) is 13.1. The van der Waals surface area contributed by atoms with E-state index >= 15 is 0 Å². The monoisotopic (exact) mass is 319 g/mol. The Labute approximate surface area is 136 Å². The van der Waals surface area contributed by atoms with Crippen molar-refractivity contribution in [2.45, 2.75) is 44.4 Å². The van der Waals surface area contributed by atoms with Gasteiger partial charge in [-0.05, 0) is 37.8 Å². The lowest BCUT2D eigenvalue weighted by Gasteiger charge is -2.25. The van der Waals surface area contributed by atoms with E-state index in [0.717, 1.165) is 28.4 Å². The zero-order valence-corrected chi connectivity index (χ0v) is 13.9. The van der Waals surface area contributed by atoms with E-state index in [0.29, 0.717) is 5.92 Å². The van der Waals surface area contributed by atoms with Crippen molar-refractivity contribution in [1.29, 1.82) is 0 Å². The number of rotatable bonds is 4. The summed E-state index contributed by atoms with van der Waals surface area (Å²) in [5.74, 6) is 2.99. The third-order valence-electron chi connectivity index (χ3n) is 4.55. The van der Waals surface area contributed by atoms with Crippen molar-refractivity contribution in [2.75, 3.05) is 7.11 Å². The van der Waals surface area contributed by atoms with Crippen molar-refractivity contribution in [3.63, 3.8) is 0 Å². The average Bonchev–Trinajstić information content (AvgIpc) is 2.97. The molecule has 0 aromatic carbocycles. The van der Waals surface area contributed by atoms with Crippen LogP contribution in [-0.2, 0) is 0 Å². The first-order chi connectivity index (χ1) is 10.7. The van der Waals surface area contributed by atoms with Crippen LogP contribution in [0.2, 0.25) is 0 Å². The first-order valence-electron chi connectivity index (χ1n) is 7.93. The van der Waals surface area contributed by atoms with Gasteiger partial charge in [-0.1, -0.05) is 19.3 Å². The fourth-order valence-electron chi connectivity index (χ4n) is 3.26. The van der Waals surface area contributed by atoms with E-state index in [1.807, 2.05) is 13.0 Å². The van der Waals surface area contributed by atoms with E-state index in [9.17, 15) is 0 Å². The van der Waals surface area contributed by atoms with Crippen molar-refractivity contribution in [3.8, 4) is 17.1 Å². The van der Waals surface area contributed by atoms with Crippen LogP contribution < -0.4 is 4.74 Å². The Kier molecular flexibility index (Phi) is 4.72. The summed E-state index contributed by atoms with van der Waals surface area (Å²) < 4.78 is 11.2. The van der Waals surface area contributed by atoms with Crippen molar-refractivity contribution >= 4 is 11.6 Å². The van der Waals surface area contributed by atoms with Crippen LogP contribution in [0.3, 0.4) is 0 Å². The number of nitrogens with zero attached hydrogens (tertiary/aromatic N) is 1. The Hall–Kier alpha value is -1.48. The van der Waals surface area contributed by atoms with Gasteiger partial charge in [0.15, 0.2) is 0 Å². The van der Waals surface area contributed by atoms with Gasteiger partial charge >= 0.3 is 0 Å². The van der Waals surface area contributed by atoms with Crippen LogP contribution in [0.1, 0.15) is 48.8 Å². The van der Waals surface area contributed by atoms with Gasteiger partial charge in [-0.15, -0.1) is 11.6 Å². The molecule has 2 aromatic heterocycles. The van der Waals surface area contributed by atoms with Crippen LogP contribution in [0, 0.1) is 12.8 Å². The van der Waals surface area contributed by atoms with Crippen LogP contribution in [0.4, 0.5) is 0 Å². The number of hydrogen-bond acceptors (Lipinski definition) is 3. The molecule has 0 bridgehead atoms. The Bertz CT molecular complexity index is 632. The second kappa shape index (κ2) is 6.74. The molecular weight excluding hydrogens is 298 g/mol. The number of pyridine rings is 1. The standard InChI is InChI=1S/C18H22ClNO2/c1-12-16(18(19)13-6-4-3-5-7-13)9-17(22-12)14-8-15(21-2)11-20-10-14/h8-11,13,18H,3-7H2,1-2H3. The molecule has 0 amide bonds. The highest BCUT2D eigenvalue weighted by Gasteiger charge is 2.26. The smallest absolute Gasteiger partial charge is 0.137 e. The van der Waals surface area contributed by atoms with E-state index in [1.54, 1.807) is 19.5 Å². The number of hydrogen-bond donors (Lipinski definition) is 0. The average molecular weight is 320 g/mol. The highest BCUT2D eigenvalue weighted by molar-refractivity contribution is 6.21. The minimum absolute atomic E-state index is 0.0383. The predicted octanol–water partition coefficient (Wildman–Crippen LogP) is 5.52. The lowest BCUT2D eigenvalue weighted by atomic mass is 9.84. The molecule has 1 saturated carbocycles. The molecular formula is C18H22ClNO2. The topological polar surface area (TPSA) is 35.3 Å². The quantitative estimate of drug-likeness (QED) is 0.696. The summed E-state index contributed by atoms with van der Waals surface area (Å²) >= 11 is 6.75. The summed E-state index contributed by atoms with van der Waals surface area (Å²) in [6.07, 6.45) is 9.82. The Morgan fingerprint density at radius 1 is 1.23 bits per heavy atom. The minimum Gasteiger partial charge on any atom is -0.495 e. The fraction of sp³-hybridized carbons (Fsp3) is 0.500. The molecule has 2 aromatic rings. The lowest BCUT2D eigenvalue weighted by molar-refractivity contribution is 0.346. The number of ether oxygens (including phenoxy) is 1. The van der Waals surface area contributed by atoms with Crippen LogP contribution in [0.15, 0.2) is 28.9 Å². The van der Waals surface area contributed by atoms with Gasteiger partial charge in [-0.2, -0.15) is 0 Å². The van der Waals surface area contributed by atoms with Gasteiger partial charge in [0, 0.05) is 17.3 Å². The minimum atomic E-state index is 0.0383. The molecule has 1 aliphatic rings. The van der Waals surface area contributed by atoms with Crippen molar-refractivity contribution in [1.82, 2.24) is 4.98 Å². The van der Waals surface area contributed by atoms with E-state index in [-0.39, 0.29) is 5.38 Å². The zero-order chi connectivity index (χ0) is 15.5. The molecule has 0 spiro atoms. The van der Waals surface area contributed by atoms with Gasteiger partial charge in [0.1, 0.15) is 17.3 Å². The molecule has 22 heavy (non-hydrogen) atoms. The number of aromatic nitrogens is 1. The van der Waals surface area contributed by atoms with Gasteiger partial charge in [0.25, 0.3) is 0 Å². The lowest BCUT2D eigenvalue weighted by Crippen LogP contribution is -2.12. The van der Waals surface area contributed by atoms with Gasteiger partial charge in [-0.25, -0.2) is 0 Å². The SMILES string of the molecule is COc1cncc(-c2cc(C(Cl)C3CCCCC3)c(C)o2)c1. The molecule has 2 heterocycles. The van der Waals surface area contributed by atoms with Gasteiger partial charge < -0.3 is 9.15 Å². The number of halogens is 1. The van der Waals surface area contributed by atoms with Crippen molar-refractivity contribution < 1.29 is 9.15 Å². The second-order valence-electron chi connectivity index (χ2n) is 6.04. The maximum absolute atomic E-state index is 6.75. The number of alkyl halides is 1. The van der Waals surface area contributed by atoms with E-state index < -0.39 is 0 Å². The van der Waals surface area contributed by atoms with Crippen LogP contribution in [0.5, 0.6) is 5.75 Å². The normalized spacial score (nSPS) is 17.4. The molecule has 0 aliphatic heterocycles. The third-order valence-corrected chi connectivity index (χ3v) is 5.14. The number of methoxy groups -OCH3 is 1. The summed E-state index contributed by atoms with van der Waals surface area (Å²) in [7, 11) is 1.64. The summed E-state index contributed by atoms with van der Waals surface area (Å²) in [5, 5.41) is 0.0383. The second-order valence-corrected chi connectivity index (χ2v) is 6.51. The molecule has 1 aliphatic carbocycles. The first kappa shape index (κ1) is 15.4. The van der Waals surface area contributed by atoms with Gasteiger partial charge in [-0.3, -0.25) is 4.98 Å². The summed E-state index contributed by atoms with van der Waals surface area (Å²) in [6, 6.07) is 4.00. The maximum atomic E-state index is 6.75. The highest BCUT2D eigenvalue weighted by Crippen LogP contribution is 2.42. The molecule has 3 rings (SSSR count). The van der Waals surface area contributed by atoms with Crippen molar-refractivity contribution in [2.24, 2.45) is 5.92 Å². The summed E-state index contributed by atoms with van der Waals surface area (Å²) in [4.78, 5) is 4.19. The highest BCUT2D eigenvalue weighted by atomic mass is 35.5.